The van der Waals surface area contributed by atoms with Gasteiger partial charge in [0.15, 0.2) is 0 Å². The summed E-state index contributed by atoms with van der Waals surface area (Å²) in [4.78, 5) is 3.93. The molecule has 0 bridgehead atoms. The van der Waals surface area contributed by atoms with Crippen LogP contribution in [-0.2, 0) is 16.9 Å². The van der Waals surface area contributed by atoms with Crippen LogP contribution in [0.1, 0.15) is 0 Å². The number of sulfone groups is 1. The van der Waals surface area contributed by atoms with E-state index in [1.165, 1.54) is 10.8 Å². The molecule has 0 fully saturated rings. The van der Waals surface area contributed by atoms with Gasteiger partial charge in [-0.1, -0.05) is 30.3 Å². The number of rotatable bonds is 5. The first-order valence-corrected chi connectivity index (χ1v) is 7.69. The van der Waals surface area contributed by atoms with Crippen molar-refractivity contribution in [3.05, 3.63) is 36.5 Å². The quantitative estimate of drug-likeness (QED) is 0.823. The number of benzene rings is 1. The summed E-state index contributed by atoms with van der Waals surface area (Å²) in [6, 6.07) is 9.29. The maximum absolute atomic E-state index is 12.1. The third-order valence-corrected chi connectivity index (χ3v) is 4.68. The highest BCUT2D eigenvalue weighted by molar-refractivity contribution is 7.91. The van der Waals surface area contributed by atoms with E-state index in [9.17, 15) is 13.5 Å². The smallest absolute Gasteiger partial charge is 0.227 e. The van der Waals surface area contributed by atoms with Crippen molar-refractivity contribution in [2.24, 2.45) is 7.05 Å². The predicted molar refractivity (Wildman–Crippen MR) is 73.8 cm³/mol. The Morgan fingerprint density at radius 3 is 2.55 bits per heavy atom. The second-order valence-electron chi connectivity index (χ2n) is 4.47. The van der Waals surface area contributed by atoms with Gasteiger partial charge in [0.2, 0.25) is 15.0 Å². The SMILES string of the molecule is Cn1c(-c2ccccc2)cnc1S(=O)(=O)CC(O)CO. The van der Waals surface area contributed by atoms with Crippen molar-refractivity contribution in [2.75, 3.05) is 12.4 Å². The number of aliphatic hydroxyl groups excluding tert-OH is 2. The summed E-state index contributed by atoms with van der Waals surface area (Å²) in [5, 5.41) is 17.9. The van der Waals surface area contributed by atoms with E-state index < -0.39 is 28.3 Å². The van der Waals surface area contributed by atoms with Crippen LogP contribution in [0.15, 0.2) is 41.7 Å². The number of aromatic nitrogens is 2. The highest BCUT2D eigenvalue weighted by Crippen LogP contribution is 2.22. The van der Waals surface area contributed by atoms with Gasteiger partial charge in [-0.2, -0.15) is 0 Å². The summed E-state index contributed by atoms with van der Waals surface area (Å²) in [5.74, 6) is -0.553. The molecule has 2 rings (SSSR count). The summed E-state index contributed by atoms with van der Waals surface area (Å²) >= 11 is 0. The van der Waals surface area contributed by atoms with Gasteiger partial charge in [-0.05, 0) is 5.56 Å². The molecule has 0 amide bonds. The molecule has 0 radical (unpaired) electrons. The zero-order valence-corrected chi connectivity index (χ0v) is 11.8. The van der Waals surface area contributed by atoms with E-state index in [1.807, 2.05) is 30.3 Å². The molecule has 1 aromatic heterocycles. The number of imidazole rings is 1. The molecule has 1 unspecified atom stereocenters. The molecule has 0 aliphatic heterocycles. The minimum atomic E-state index is -3.75. The van der Waals surface area contributed by atoms with Gasteiger partial charge < -0.3 is 14.8 Å². The summed E-state index contributed by atoms with van der Waals surface area (Å²) < 4.78 is 25.7. The van der Waals surface area contributed by atoms with Crippen LogP contribution in [0.25, 0.3) is 11.3 Å². The van der Waals surface area contributed by atoms with Crippen molar-refractivity contribution >= 4 is 9.84 Å². The zero-order valence-electron chi connectivity index (χ0n) is 11.0. The molecule has 20 heavy (non-hydrogen) atoms. The van der Waals surface area contributed by atoms with E-state index in [4.69, 9.17) is 5.11 Å². The summed E-state index contributed by atoms with van der Waals surface area (Å²) in [5.41, 5.74) is 1.52. The van der Waals surface area contributed by atoms with Gasteiger partial charge in [0, 0.05) is 7.05 Å². The fourth-order valence-electron chi connectivity index (χ4n) is 1.94. The van der Waals surface area contributed by atoms with E-state index in [0.29, 0.717) is 5.69 Å². The standard InChI is InChI=1S/C13H16N2O4S/c1-15-12(10-5-3-2-4-6-10)7-14-13(15)20(18,19)9-11(17)8-16/h2-7,11,16-17H,8-9H2,1H3. The van der Waals surface area contributed by atoms with Crippen molar-refractivity contribution in [1.82, 2.24) is 9.55 Å². The molecule has 7 heteroatoms. The van der Waals surface area contributed by atoms with Gasteiger partial charge in [-0.15, -0.1) is 0 Å². The van der Waals surface area contributed by atoms with Crippen LogP contribution in [0.5, 0.6) is 0 Å². The summed E-state index contributed by atoms with van der Waals surface area (Å²) in [6.07, 6.45) is 0.171. The highest BCUT2D eigenvalue weighted by Gasteiger charge is 2.25. The van der Waals surface area contributed by atoms with Gasteiger partial charge in [0.25, 0.3) is 0 Å². The lowest BCUT2D eigenvalue weighted by molar-refractivity contribution is 0.112. The highest BCUT2D eigenvalue weighted by atomic mass is 32.2. The third-order valence-electron chi connectivity index (χ3n) is 2.92. The average molecular weight is 296 g/mol. The van der Waals surface area contributed by atoms with Crippen molar-refractivity contribution in [3.63, 3.8) is 0 Å². The lowest BCUT2D eigenvalue weighted by Gasteiger charge is -2.09. The lowest BCUT2D eigenvalue weighted by Crippen LogP contribution is -2.26. The monoisotopic (exact) mass is 296 g/mol. The largest absolute Gasteiger partial charge is 0.394 e. The average Bonchev–Trinajstić information content (AvgIpc) is 2.82. The second-order valence-corrected chi connectivity index (χ2v) is 6.40. The second kappa shape index (κ2) is 5.74. The van der Waals surface area contributed by atoms with Gasteiger partial charge in [0.05, 0.1) is 30.4 Å². The first kappa shape index (κ1) is 14.7. The Balaban J connectivity index is 2.39. The maximum atomic E-state index is 12.1. The van der Waals surface area contributed by atoms with Crippen LogP contribution in [0.3, 0.4) is 0 Å². The number of hydrogen-bond acceptors (Lipinski definition) is 5. The number of hydrogen-bond donors (Lipinski definition) is 2. The fourth-order valence-corrected chi connectivity index (χ4v) is 3.43. The Morgan fingerprint density at radius 2 is 1.95 bits per heavy atom. The fraction of sp³-hybridized carbons (Fsp3) is 0.308. The van der Waals surface area contributed by atoms with E-state index in [2.05, 4.69) is 4.98 Å². The van der Waals surface area contributed by atoms with E-state index >= 15 is 0 Å². The minimum absolute atomic E-state index is 0.121. The normalized spacial score (nSPS) is 13.3. The van der Waals surface area contributed by atoms with Crippen LogP contribution in [0.2, 0.25) is 0 Å². The number of aliphatic hydroxyl groups is 2. The van der Waals surface area contributed by atoms with Crippen LogP contribution in [0, 0.1) is 0 Å². The maximum Gasteiger partial charge on any atom is 0.227 e. The third kappa shape index (κ3) is 2.90. The summed E-state index contributed by atoms with van der Waals surface area (Å²) in [7, 11) is -2.14. The van der Waals surface area contributed by atoms with Crippen LogP contribution >= 0.6 is 0 Å². The van der Waals surface area contributed by atoms with E-state index in [-0.39, 0.29) is 5.16 Å². The zero-order chi connectivity index (χ0) is 14.8. The van der Waals surface area contributed by atoms with Gasteiger partial charge in [-0.25, -0.2) is 13.4 Å². The number of nitrogens with zero attached hydrogens (tertiary/aromatic N) is 2. The van der Waals surface area contributed by atoms with Crippen LogP contribution in [0.4, 0.5) is 0 Å². The topological polar surface area (TPSA) is 92.4 Å². The van der Waals surface area contributed by atoms with Crippen molar-refractivity contribution in [2.45, 2.75) is 11.3 Å². The van der Waals surface area contributed by atoms with Crippen molar-refractivity contribution in [1.29, 1.82) is 0 Å². The lowest BCUT2D eigenvalue weighted by atomic mass is 10.2. The van der Waals surface area contributed by atoms with Crippen LogP contribution < -0.4 is 0 Å². The molecular weight excluding hydrogens is 280 g/mol. The molecule has 0 aliphatic rings. The Bertz CT molecular complexity index is 680. The first-order chi connectivity index (χ1) is 9.45. The Morgan fingerprint density at radius 1 is 1.30 bits per heavy atom. The molecule has 0 saturated heterocycles. The van der Waals surface area contributed by atoms with Gasteiger partial charge in [0.1, 0.15) is 0 Å². The van der Waals surface area contributed by atoms with Crippen molar-refractivity contribution < 1.29 is 18.6 Å². The molecule has 0 saturated carbocycles. The molecule has 2 N–H and O–H groups in total. The van der Waals surface area contributed by atoms with Gasteiger partial charge in [-0.3, -0.25) is 0 Å². The Labute approximate surface area is 117 Å². The Hall–Kier alpha value is -1.70. The van der Waals surface area contributed by atoms with Crippen molar-refractivity contribution in [3.8, 4) is 11.3 Å². The molecule has 6 nitrogen and oxygen atoms in total. The van der Waals surface area contributed by atoms with E-state index in [0.717, 1.165) is 5.56 Å². The molecule has 2 aromatic rings. The molecular formula is C13H16N2O4S. The van der Waals surface area contributed by atoms with Crippen LogP contribution in [-0.4, -0.2) is 46.6 Å². The van der Waals surface area contributed by atoms with Gasteiger partial charge >= 0.3 is 0 Å². The first-order valence-electron chi connectivity index (χ1n) is 6.04. The minimum Gasteiger partial charge on any atom is -0.394 e. The molecule has 1 aromatic carbocycles. The predicted octanol–water partition coefficient (Wildman–Crippen LogP) is 0.214. The molecule has 0 aliphatic carbocycles. The molecule has 0 spiro atoms. The molecule has 1 heterocycles. The Kier molecular flexibility index (Phi) is 4.22. The molecule has 108 valence electrons. The molecule has 1 atom stereocenters. The van der Waals surface area contributed by atoms with E-state index in [1.54, 1.807) is 7.05 Å². The summed E-state index contributed by atoms with van der Waals surface area (Å²) in [6.45, 7) is -0.602.